The fraction of sp³-hybridized carbons (Fsp3) is 0.333. The van der Waals surface area contributed by atoms with Crippen LogP contribution in [0.4, 0.5) is 5.69 Å². The molecule has 1 aromatic heterocycles. The Hall–Kier alpha value is -3.16. The molecule has 0 bridgehead atoms. The minimum atomic E-state index is -0.980. The van der Waals surface area contributed by atoms with Gasteiger partial charge >= 0.3 is 5.97 Å². The number of carbonyl (C=O) groups excluding carboxylic acids is 2. The van der Waals surface area contributed by atoms with Gasteiger partial charge in [-0.05, 0) is 58.0 Å². The maximum atomic E-state index is 10.7. The Morgan fingerprint density at radius 3 is 2.00 bits per heavy atom. The summed E-state index contributed by atoms with van der Waals surface area (Å²) < 4.78 is 1.72. The Kier molecular flexibility index (Phi) is 6.65. The number of aryl methyl sites for hydroxylation is 1. The van der Waals surface area contributed by atoms with Crippen molar-refractivity contribution in [2.45, 2.75) is 40.2 Å². The van der Waals surface area contributed by atoms with Crippen LogP contribution in [0.3, 0.4) is 0 Å². The number of hydrogen-bond acceptors (Lipinski definition) is 4. The van der Waals surface area contributed by atoms with Gasteiger partial charge in [0.1, 0.15) is 0 Å². The first-order valence-corrected chi connectivity index (χ1v) is 7.89. The summed E-state index contributed by atoms with van der Waals surface area (Å²) in [6, 6.07) is 7.96. The van der Waals surface area contributed by atoms with Crippen molar-refractivity contribution in [3.05, 3.63) is 47.3 Å². The standard InChI is InChI=1S/C9H14N2O2.C9H10N2O2/c1-6-5-7(8(12)13)10-11(6)9(2,3)4;1-6(12)11-8-4-2-7(3-5-8)9(10)13/h5H,1-4H3,(H,12,13);2-5H,1H3,(H2,10,13)(H,11,12). The van der Waals surface area contributed by atoms with Gasteiger partial charge in [0, 0.05) is 23.9 Å². The van der Waals surface area contributed by atoms with E-state index in [0.29, 0.717) is 11.3 Å². The summed E-state index contributed by atoms with van der Waals surface area (Å²) in [5.41, 5.74) is 6.92. The topological polar surface area (TPSA) is 127 Å². The van der Waals surface area contributed by atoms with Crippen molar-refractivity contribution in [1.29, 1.82) is 0 Å². The van der Waals surface area contributed by atoms with Crippen molar-refractivity contribution in [3.8, 4) is 0 Å². The molecule has 2 amide bonds. The van der Waals surface area contributed by atoms with Crippen molar-refractivity contribution in [2.24, 2.45) is 5.73 Å². The van der Waals surface area contributed by atoms with Crippen LogP contribution in [0.5, 0.6) is 0 Å². The van der Waals surface area contributed by atoms with Gasteiger partial charge in [-0.15, -0.1) is 0 Å². The SMILES string of the molecule is CC(=O)Nc1ccc(C(N)=O)cc1.Cc1cc(C(=O)O)nn1C(C)(C)C. The summed E-state index contributed by atoms with van der Waals surface area (Å²) in [6.07, 6.45) is 0. The number of amides is 2. The second-order valence-corrected chi connectivity index (χ2v) is 6.68. The molecule has 0 atom stereocenters. The molecule has 2 aromatic rings. The molecule has 26 heavy (non-hydrogen) atoms. The number of primary amides is 1. The van der Waals surface area contributed by atoms with E-state index in [1.54, 1.807) is 35.0 Å². The van der Waals surface area contributed by atoms with Gasteiger partial charge in [0.25, 0.3) is 0 Å². The van der Waals surface area contributed by atoms with E-state index in [1.807, 2.05) is 27.7 Å². The van der Waals surface area contributed by atoms with Gasteiger partial charge in [0.2, 0.25) is 11.8 Å². The Morgan fingerprint density at radius 2 is 1.69 bits per heavy atom. The number of anilines is 1. The van der Waals surface area contributed by atoms with Crippen LogP contribution < -0.4 is 11.1 Å². The number of benzene rings is 1. The molecule has 0 aliphatic carbocycles. The Morgan fingerprint density at radius 1 is 1.15 bits per heavy atom. The van der Waals surface area contributed by atoms with Crippen LogP contribution in [0.25, 0.3) is 0 Å². The molecule has 1 heterocycles. The van der Waals surface area contributed by atoms with E-state index in [0.717, 1.165) is 5.69 Å². The fourth-order valence-corrected chi connectivity index (χ4v) is 2.18. The van der Waals surface area contributed by atoms with E-state index < -0.39 is 11.9 Å². The second kappa shape index (κ2) is 8.28. The van der Waals surface area contributed by atoms with Crippen LogP contribution in [0.15, 0.2) is 30.3 Å². The number of carboxylic acid groups (broad SMARTS) is 1. The zero-order valence-electron chi connectivity index (χ0n) is 15.5. The summed E-state index contributed by atoms with van der Waals surface area (Å²) in [5, 5.41) is 15.3. The Balaban J connectivity index is 0.000000260. The van der Waals surface area contributed by atoms with Gasteiger partial charge in [0.05, 0.1) is 5.54 Å². The number of aromatic carboxylic acids is 1. The summed E-state index contributed by atoms with van der Waals surface area (Å²) in [7, 11) is 0. The van der Waals surface area contributed by atoms with Gasteiger partial charge in [-0.3, -0.25) is 14.3 Å². The second-order valence-electron chi connectivity index (χ2n) is 6.68. The molecule has 0 aliphatic heterocycles. The number of carbonyl (C=O) groups is 3. The molecule has 0 spiro atoms. The van der Waals surface area contributed by atoms with Crippen LogP contribution in [-0.2, 0) is 10.3 Å². The van der Waals surface area contributed by atoms with E-state index >= 15 is 0 Å². The Bertz CT molecular complexity index is 802. The van der Waals surface area contributed by atoms with Gasteiger partial charge in [-0.2, -0.15) is 5.10 Å². The van der Waals surface area contributed by atoms with Crippen LogP contribution in [-0.4, -0.2) is 32.7 Å². The molecule has 0 saturated heterocycles. The molecular weight excluding hydrogens is 336 g/mol. The maximum absolute atomic E-state index is 10.7. The van der Waals surface area contributed by atoms with E-state index in [1.165, 1.54) is 6.92 Å². The highest BCUT2D eigenvalue weighted by Gasteiger charge is 2.19. The molecule has 2 rings (SSSR count). The highest BCUT2D eigenvalue weighted by molar-refractivity contribution is 5.94. The number of aromatic nitrogens is 2. The van der Waals surface area contributed by atoms with Crippen molar-refractivity contribution in [3.63, 3.8) is 0 Å². The lowest BCUT2D eigenvalue weighted by Crippen LogP contribution is -2.24. The largest absolute Gasteiger partial charge is 0.476 e. The first-order chi connectivity index (χ1) is 11.9. The van der Waals surface area contributed by atoms with Crippen LogP contribution in [0.2, 0.25) is 0 Å². The molecule has 8 heteroatoms. The third-order valence-corrected chi connectivity index (χ3v) is 3.23. The predicted molar refractivity (Wildman–Crippen MR) is 98.2 cm³/mol. The maximum Gasteiger partial charge on any atom is 0.356 e. The van der Waals surface area contributed by atoms with Gasteiger partial charge in [-0.1, -0.05) is 0 Å². The van der Waals surface area contributed by atoms with Gasteiger partial charge in [0.15, 0.2) is 5.69 Å². The van der Waals surface area contributed by atoms with Crippen molar-refractivity contribution >= 4 is 23.5 Å². The number of carboxylic acids is 1. The number of nitrogens with zero attached hydrogens (tertiary/aromatic N) is 2. The zero-order valence-corrected chi connectivity index (χ0v) is 15.5. The van der Waals surface area contributed by atoms with E-state index in [2.05, 4.69) is 10.4 Å². The summed E-state index contributed by atoms with van der Waals surface area (Å²) in [5.74, 6) is -1.60. The summed E-state index contributed by atoms with van der Waals surface area (Å²) in [6.45, 7) is 9.22. The predicted octanol–water partition coefficient (Wildman–Crippen LogP) is 2.39. The zero-order chi connectivity index (χ0) is 20.1. The molecule has 0 fully saturated rings. The first kappa shape index (κ1) is 20.9. The highest BCUT2D eigenvalue weighted by Crippen LogP contribution is 2.16. The average molecular weight is 360 g/mol. The van der Waals surface area contributed by atoms with Crippen LogP contribution >= 0.6 is 0 Å². The van der Waals surface area contributed by atoms with E-state index in [4.69, 9.17) is 10.8 Å². The minimum absolute atomic E-state index is 0.104. The van der Waals surface area contributed by atoms with E-state index in [9.17, 15) is 14.4 Å². The molecule has 8 nitrogen and oxygen atoms in total. The minimum Gasteiger partial charge on any atom is -0.476 e. The van der Waals surface area contributed by atoms with Crippen molar-refractivity contribution in [2.75, 3.05) is 5.32 Å². The smallest absolute Gasteiger partial charge is 0.356 e. The molecule has 4 N–H and O–H groups in total. The van der Waals surface area contributed by atoms with Gasteiger partial charge < -0.3 is 16.2 Å². The Labute approximate surface area is 152 Å². The third kappa shape index (κ3) is 6.04. The summed E-state index contributed by atoms with van der Waals surface area (Å²) in [4.78, 5) is 31.9. The lowest BCUT2D eigenvalue weighted by molar-refractivity contribution is -0.114. The normalized spacial score (nSPS) is 10.5. The van der Waals surface area contributed by atoms with Crippen LogP contribution in [0, 0.1) is 6.92 Å². The number of rotatable bonds is 3. The number of nitrogens with one attached hydrogen (secondary N) is 1. The molecule has 1 aromatic carbocycles. The van der Waals surface area contributed by atoms with Gasteiger partial charge in [-0.25, -0.2) is 4.79 Å². The third-order valence-electron chi connectivity index (χ3n) is 3.23. The first-order valence-electron chi connectivity index (χ1n) is 7.89. The summed E-state index contributed by atoms with van der Waals surface area (Å²) >= 11 is 0. The average Bonchev–Trinajstić information content (AvgIpc) is 2.90. The van der Waals surface area contributed by atoms with Crippen molar-refractivity contribution < 1.29 is 19.5 Å². The van der Waals surface area contributed by atoms with E-state index in [-0.39, 0.29) is 17.1 Å². The number of hydrogen-bond donors (Lipinski definition) is 3. The molecule has 0 unspecified atom stereocenters. The molecule has 0 radical (unpaired) electrons. The lowest BCUT2D eigenvalue weighted by Gasteiger charge is -2.20. The fourth-order valence-electron chi connectivity index (χ4n) is 2.18. The monoisotopic (exact) mass is 360 g/mol. The molecule has 0 aliphatic rings. The lowest BCUT2D eigenvalue weighted by atomic mass is 10.1. The van der Waals surface area contributed by atoms with Crippen molar-refractivity contribution in [1.82, 2.24) is 9.78 Å². The molecule has 0 saturated carbocycles. The highest BCUT2D eigenvalue weighted by atomic mass is 16.4. The molecular formula is C18H24N4O4. The number of nitrogens with two attached hydrogens (primary N) is 1. The molecule has 140 valence electrons. The van der Waals surface area contributed by atoms with Crippen LogP contribution in [0.1, 0.15) is 54.2 Å². The quantitative estimate of drug-likeness (QED) is 0.774.